The fourth-order valence-electron chi connectivity index (χ4n) is 3.40. The molecule has 0 saturated carbocycles. The van der Waals surface area contributed by atoms with Crippen molar-refractivity contribution in [3.8, 4) is 0 Å². The molecule has 0 bridgehead atoms. The summed E-state index contributed by atoms with van der Waals surface area (Å²) in [7, 11) is 2.10. The molecule has 0 radical (unpaired) electrons. The number of aldehydes is 1. The van der Waals surface area contributed by atoms with Gasteiger partial charge in [-0.05, 0) is 58.1 Å². The highest BCUT2D eigenvalue weighted by Crippen LogP contribution is 2.34. The zero-order valence-electron chi connectivity index (χ0n) is 16.5. The standard InChI is InChI=1S/C19H26N2O2.C2H4O/c1-19(2,3)23-18(22)21-11-9-14(10-12-21)16-13-20(4)17-8-6-5-7-15(16)17;1-2-3/h5-8,13-14H,9-12H2,1-4H3;2H,1H3. The largest absolute Gasteiger partial charge is 0.444 e. The maximum atomic E-state index is 12.2. The minimum Gasteiger partial charge on any atom is -0.444 e. The molecule has 2 heterocycles. The number of carbonyl (C=O) groups is 2. The van der Waals surface area contributed by atoms with Gasteiger partial charge < -0.3 is 19.0 Å². The highest BCUT2D eigenvalue weighted by Gasteiger charge is 2.28. The number of aryl methyl sites for hydroxylation is 1. The molecule has 1 aliphatic heterocycles. The van der Waals surface area contributed by atoms with Gasteiger partial charge in [-0.25, -0.2) is 4.79 Å². The van der Waals surface area contributed by atoms with E-state index in [2.05, 4.69) is 42.1 Å². The Bertz CT molecular complexity index is 750. The van der Waals surface area contributed by atoms with Crippen LogP contribution in [0.15, 0.2) is 30.5 Å². The summed E-state index contributed by atoms with van der Waals surface area (Å²) in [4.78, 5) is 22.8. The SMILES string of the molecule is CC=O.Cn1cc(C2CCN(C(=O)OC(C)(C)C)CC2)c2ccccc21. The van der Waals surface area contributed by atoms with E-state index in [-0.39, 0.29) is 6.09 Å². The van der Waals surface area contributed by atoms with Gasteiger partial charge in [-0.3, -0.25) is 0 Å². The molecule has 1 amide bonds. The first-order valence-electron chi connectivity index (χ1n) is 9.18. The third kappa shape index (κ3) is 4.87. The molecular weight excluding hydrogens is 328 g/mol. The summed E-state index contributed by atoms with van der Waals surface area (Å²) >= 11 is 0. The number of aromatic nitrogens is 1. The van der Waals surface area contributed by atoms with Gasteiger partial charge in [0.1, 0.15) is 11.9 Å². The van der Waals surface area contributed by atoms with E-state index in [4.69, 9.17) is 9.53 Å². The van der Waals surface area contributed by atoms with Gasteiger partial charge in [0.15, 0.2) is 0 Å². The second-order valence-corrected chi connectivity index (χ2v) is 7.69. The van der Waals surface area contributed by atoms with Crippen molar-refractivity contribution in [2.75, 3.05) is 13.1 Å². The lowest BCUT2D eigenvalue weighted by Gasteiger charge is -2.33. The summed E-state index contributed by atoms with van der Waals surface area (Å²) < 4.78 is 7.67. The van der Waals surface area contributed by atoms with Crippen molar-refractivity contribution < 1.29 is 14.3 Å². The Morgan fingerprint density at radius 2 is 1.77 bits per heavy atom. The molecule has 1 saturated heterocycles. The molecule has 3 rings (SSSR count). The van der Waals surface area contributed by atoms with Crippen LogP contribution in [0.25, 0.3) is 10.9 Å². The number of para-hydroxylation sites is 1. The molecule has 0 unspecified atom stereocenters. The minimum absolute atomic E-state index is 0.186. The van der Waals surface area contributed by atoms with Gasteiger partial charge in [-0.2, -0.15) is 0 Å². The smallest absolute Gasteiger partial charge is 0.410 e. The molecule has 0 aliphatic carbocycles. The van der Waals surface area contributed by atoms with Gasteiger partial charge in [-0.15, -0.1) is 0 Å². The normalized spacial score (nSPS) is 15.3. The lowest BCUT2D eigenvalue weighted by molar-refractivity contribution is -0.106. The Labute approximate surface area is 155 Å². The van der Waals surface area contributed by atoms with E-state index in [1.54, 1.807) is 0 Å². The van der Waals surface area contributed by atoms with E-state index in [9.17, 15) is 4.79 Å². The average molecular weight is 358 g/mol. The number of likely N-dealkylation sites (tertiary alicyclic amines) is 1. The molecule has 5 nitrogen and oxygen atoms in total. The van der Waals surface area contributed by atoms with Crippen LogP contribution in [0.4, 0.5) is 4.79 Å². The molecule has 1 aliphatic rings. The van der Waals surface area contributed by atoms with E-state index in [1.165, 1.54) is 23.4 Å². The second kappa shape index (κ2) is 8.39. The molecular formula is C21H30N2O3. The van der Waals surface area contributed by atoms with Gasteiger partial charge in [0.2, 0.25) is 0 Å². The summed E-state index contributed by atoms with van der Waals surface area (Å²) in [5, 5.41) is 1.34. The van der Waals surface area contributed by atoms with E-state index in [1.807, 2.05) is 25.7 Å². The molecule has 2 aromatic rings. The summed E-state index contributed by atoms with van der Waals surface area (Å²) in [5.41, 5.74) is 2.26. The monoisotopic (exact) mass is 358 g/mol. The van der Waals surface area contributed by atoms with E-state index < -0.39 is 5.60 Å². The van der Waals surface area contributed by atoms with Crippen molar-refractivity contribution in [1.82, 2.24) is 9.47 Å². The molecule has 5 heteroatoms. The van der Waals surface area contributed by atoms with Gasteiger partial charge >= 0.3 is 6.09 Å². The Hall–Kier alpha value is -2.30. The zero-order valence-corrected chi connectivity index (χ0v) is 16.5. The van der Waals surface area contributed by atoms with Gasteiger partial charge in [0.05, 0.1) is 0 Å². The summed E-state index contributed by atoms with van der Waals surface area (Å²) in [6, 6.07) is 8.54. The highest BCUT2D eigenvalue weighted by molar-refractivity contribution is 5.84. The fraction of sp³-hybridized carbons (Fsp3) is 0.524. The quantitative estimate of drug-likeness (QED) is 0.705. The molecule has 26 heavy (non-hydrogen) atoms. The third-order valence-electron chi connectivity index (χ3n) is 4.51. The lowest BCUT2D eigenvalue weighted by atomic mass is 9.89. The number of amides is 1. The number of carbonyl (C=O) groups excluding carboxylic acids is 2. The number of ether oxygens (including phenoxy) is 1. The first-order valence-corrected chi connectivity index (χ1v) is 9.18. The maximum Gasteiger partial charge on any atom is 0.410 e. The first-order chi connectivity index (χ1) is 12.3. The van der Waals surface area contributed by atoms with E-state index in [0.717, 1.165) is 32.2 Å². The van der Waals surface area contributed by atoms with Crippen LogP contribution >= 0.6 is 0 Å². The first kappa shape index (κ1) is 20.0. The number of nitrogens with zero attached hydrogens (tertiary/aromatic N) is 2. The molecule has 1 aromatic carbocycles. The van der Waals surface area contributed by atoms with Gasteiger partial charge in [0, 0.05) is 37.2 Å². The number of fused-ring (bicyclic) bond motifs is 1. The van der Waals surface area contributed by atoms with Crippen molar-refractivity contribution in [1.29, 1.82) is 0 Å². The molecule has 0 atom stereocenters. The van der Waals surface area contributed by atoms with Crippen molar-refractivity contribution in [2.24, 2.45) is 7.05 Å². The molecule has 1 aromatic heterocycles. The van der Waals surface area contributed by atoms with Crippen molar-refractivity contribution >= 4 is 23.3 Å². The predicted molar refractivity (Wildman–Crippen MR) is 104 cm³/mol. The van der Waals surface area contributed by atoms with Crippen LogP contribution in [0.5, 0.6) is 0 Å². The van der Waals surface area contributed by atoms with Gasteiger partial charge in [0.25, 0.3) is 0 Å². The number of piperidine rings is 1. The van der Waals surface area contributed by atoms with Crippen LogP contribution in [0, 0.1) is 0 Å². The summed E-state index contributed by atoms with van der Waals surface area (Å²) in [5.74, 6) is 0.514. The number of rotatable bonds is 1. The highest BCUT2D eigenvalue weighted by atomic mass is 16.6. The number of hydrogen-bond donors (Lipinski definition) is 0. The van der Waals surface area contributed by atoms with Crippen LogP contribution in [-0.4, -0.2) is 40.5 Å². The number of benzene rings is 1. The van der Waals surface area contributed by atoms with Crippen molar-refractivity contribution in [2.45, 2.75) is 52.1 Å². The topological polar surface area (TPSA) is 51.5 Å². The summed E-state index contributed by atoms with van der Waals surface area (Å²) in [6.45, 7) is 8.71. The zero-order chi connectivity index (χ0) is 19.3. The lowest BCUT2D eigenvalue weighted by Crippen LogP contribution is -2.41. The van der Waals surface area contributed by atoms with Crippen LogP contribution in [0.1, 0.15) is 52.0 Å². The predicted octanol–water partition coefficient (Wildman–Crippen LogP) is 4.50. The third-order valence-corrected chi connectivity index (χ3v) is 4.51. The maximum absolute atomic E-state index is 12.2. The van der Waals surface area contributed by atoms with Crippen LogP contribution < -0.4 is 0 Å². The van der Waals surface area contributed by atoms with Crippen LogP contribution in [0.2, 0.25) is 0 Å². The number of hydrogen-bond acceptors (Lipinski definition) is 3. The Morgan fingerprint density at radius 1 is 1.19 bits per heavy atom. The van der Waals surface area contributed by atoms with Crippen LogP contribution in [0.3, 0.4) is 0 Å². The van der Waals surface area contributed by atoms with Crippen molar-refractivity contribution in [3.63, 3.8) is 0 Å². The Kier molecular flexibility index (Phi) is 6.46. The summed E-state index contributed by atoms with van der Waals surface area (Å²) in [6.07, 6.45) is 4.80. The molecule has 142 valence electrons. The minimum atomic E-state index is -0.427. The fourth-order valence-corrected chi connectivity index (χ4v) is 3.40. The van der Waals surface area contributed by atoms with Gasteiger partial charge in [-0.1, -0.05) is 18.2 Å². The van der Waals surface area contributed by atoms with Crippen LogP contribution in [-0.2, 0) is 16.6 Å². The Balaban J connectivity index is 0.000000758. The van der Waals surface area contributed by atoms with E-state index in [0.29, 0.717) is 5.92 Å². The Morgan fingerprint density at radius 3 is 2.35 bits per heavy atom. The molecule has 0 spiro atoms. The second-order valence-electron chi connectivity index (χ2n) is 7.69. The van der Waals surface area contributed by atoms with Crippen molar-refractivity contribution in [3.05, 3.63) is 36.0 Å². The molecule has 1 fully saturated rings. The average Bonchev–Trinajstić information content (AvgIpc) is 2.92. The van der Waals surface area contributed by atoms with E-state index >= 15 is 0 Å². The molecule has 0 N–H and O–H groups in total.